The highest BCUT2D eigenvalue weighted by atomic mass is 16.6. The molecule has 1 aliphatic rings. The molecule has 0 unspecified atom stereocenters. The summed E-state index contributed by atoms with van der Waals surface area (Å²) < 4.78 is 5.56. The molecule has 134 valence electrons. The Morgan fingerprint density at radius 2 is 2.04 bits per heavy atom. The quantitative estimate of drug-likeness (QED) is 0.671. The van der Waals surface area contributed by atoms with E-state index in [1.54, 1.807) is 37.3 Å². The van der Waals surface area contributed by atoms with E-state index in [4.69, 9.17) is 4.74 Å². The highest BCUT2D eigenvalue weighted by Gasteiger charge is 2.31. The molecule has 26 heavy (non-hydrogen) atoms. The van der Waals surface area contributed by atoms with E-state index in [1.165, 1.54) is 24.0 Å². The zero-order valence-electron chi connectivity index (χ0n) is 14.3. The standard InChI is InChI=1S/C18H17N3O5/c1-11-7-8-16(15(9-11)21(24)25)26-12(2)18(23)20-10-17(22)19-13-5-3-4-6-14(13)20/h3-9,12H,10H2,1-2H3,(H,19,22)/t12-/m1/s1. The average molecular weight is 355 g/mol. The minimum absolute atomic E-state index is 0.0104. The van der Waals surface area contributed by atoms with Crippen molar-refractivity contribution in [3.63, 3.8) is 0 Å². The number of ether oxygens (including phenoxy) is 1. The van der Waals surface area contributed by atoms with Crippen molar-refractivity contribution in [1.29, 1.82) is 0 Å². The van der Waals surface area contributed by atoms with Crippen LogP contribution >= 0.6 is 0 Å². The summed E-state index contributed by atoms with van der Waals surface area (Å²) in [5.41, 5.74) is 1.60. The molecule has 0 spiro atoms. The van der Waals surface area contributed by atoms with E-state index in [0.29, 0.717) is 16.9 Å². The summed E-state index contributed by atoms with van der Waals surface area (Å²) >= 11 is 0. The summed E-state index contributed by atoms with van der Waals surface area (Å²) in [5.74, 6) is -0.760. The van der Waals surface area contributed by atoms with Gasteiger partial charge in [-0.05, 0) is 37.6 Å². The van der Waals surface area contributed by atoms with Crippen molar-refractivity contribution < 1.29 is 19.2 Å². The highest BCUT2D eigenvalue weighted by molar-refractivity contribution is 6.10. The van der Waals surface area contributed by atoms with Crippen LogP contribution in [-0.2, 0) is 9.59 Å². The minimum Gasteiger partial charge on any atom is -0.474 e. The molecule has 0 saturated carbocycles. The summed E-state index contributed by atoms with van der Waals surface area (Å²) in [7, 11) is 0. The number of benzene rings is 2. The number of amides is 2. The summed E-state index contributed by atoms with van der Waals surface area (Å²) in [5, 5.41) is 13.9. The van der Waals surface area contributed by atoms with Gasteiger partial charge in [-0.3, -0.25) is 24.6 Å². The Hall–Kier alpha value is -3.42. The van der Waals surface area contributed by atoms with Crippen LogP contribution in [0, 0.1) is 17.0 Å². The molecule has 0 aromatic heterocycles. The number of nitro benzene ring substituents is 1. The maximum absolute atomic E-state index is 12.8. The number of carbonyl (C=O) groups excluding carboxylic acids is 2. The Kier molecular flexibility index (Phi) is 4.57. The van der Waals surface area contributed by atoms with E-state index in [1.807, 2.05) is 0 Å². The Labute approximate surface area is 149 Å². The van der Waals surface area contributed by atoms with Crippen LogP contribution in [0.25, 0.3) is 0 Å². The third-order valence-electron chi connectivity index (χ3n) is 4.00. The first kappa shape index (κ1) is 17.4. The fourth-order valence-corrected chi connectivity index (χ4v) is 2.76. The number of nitrogens with one attached hydrogen (secondary N) is 1. The lowest BCUT2D eigenvalue weighted by Crippen LogP contribution is -2.47. The van der Waals surface area contributed by atoms with Gasteiger partial charge < -0.3 is 10.1 Å². The van der Waals surface area contributed by atoms with Gasteiger partial charge in [0.15, 0.2) is 11.9 Å². The number of rotatable bonds is 4. The van der Waals surface area contributed by atoms with Gasteiger partial charge in [0, 0.05) is 6.07 Å². The highest BCUT2D eigenvalue weighted by Crippen LogP contribution is 2.31. The van der Waals surface area contributed by atoms with Crippen LogP contribution in [0.15, 0.2) is 42.5 Å². The normalized spacial score (nSPS) is 14.2. The van der Waals surface area contributed by atoms with E-state index in [2.05, 4.69) is 5.32 Å². The molecule has 1 N–H and O–H groups in total. The lowest BCUT2D eigenvalue weighted by Gasteiger charge is -2.31. The van der Waals surface area contributed by atoms with Crippen LogP contribution in [0.2, 0.25) is 0 Å². The molecule has 0 aliphatic carbocycles. The predicted molar refractivity (Wildman–Crippen MR) is 95.3 cm³/mol. The number of nitro groups is 1. The number of nitrogens with zero attached hydrogens (tertiary/aromatic N) is 2. The van der Waals surface area contributed by atoms with E-state index >= 15 is 0 Å². The number of carbonyl (C=O) groups is 2. The maximum Gasteiger partial charge on any atom is 0.311 e. The van der Waals surface area contributed by atoms with Gasteiger partial charge in [0.25, 0.3) is 5.91 Å². The SMILES string of the molecule is Cc1ccc(O[C@H](C)C(=O)N2CC(=O)Nc3ccccc32)c([N+](=O)[O-])c1. The van der Waals surface area contributed by atoms with Crippen LogP contribution < -0.4 is 15.0 Å². The number of para-hydroxylation sites is 2. The van der Waals surface area contributed by atoms with Gasteiger partial charge in [0.2, 0.25) is 5.91 Å². The molecular formula is C18H17N3O5. The third kappa shape index (κ3) is 3.34. The zero-order valence-corrected chi connectivity index (χ0v) is 14.3. The zero-order chi connectivity index (χ0) is 18.8. The fourth-order valence-electron chi connectivity index (χ4n) is 2.76. The Bertz CT molecular complexity index is 896. The molecule has 1 atom stereocenters. The van der Waals surface area contributed by atoms with Crippen molar-refractivity contribution in [1.82, 2.24) is 0 Å². The Balaban J connectivity index is 1.85. The van der Waals surface area contributed by atoms with Crippen LogP contribution in [0.3, 0.4) is 0 Å². The van der Waals surface area contributed by atoms with Crippen molar-refractivity contribution >= 4 is 28.9 Å². The first-order valence-corrected chi connectivity index (χ1v) is 7.99. The van der Waals surface area contributed by atoms with Gasteiger partial charge in [0.05, 0.1) is 16.3 Å². The van der Waals surface area contributed by atoms with Gasteiger partial charge >= 0.3 is 5.69 Å². The van der Waals surface area contributed by atoms with Crippen LogP contribution in [0.4, 0.5) is 17.1 Å². The lowest BCUT2D eigenvalue weighted by atomic mass is 10.1. The number of hydrogen-bond donors (Lipinski definition) is 1. The Morgan fingerprint density at radius 1 is 1.31 bits per heavy atom. The van der Waals surface area contributed by atoms with Gasteiger partial charge in [-0.15, -0.1) is 0 Å². The van der Waals surface area contributed by atoms with E-state index < -0.39 is 16.9 Å². The molecule has 0 saturated heterocycles. The summed E-state index contributed by atoms with van der Waals surface area (Å²) in [6, 6.07) is 11.4. The average Bonchev–Trinajstić information content (AvgIpc) is 2.61. The van der Waals surface area contributed by atoms with Crippen LogP contribution in [0.1, 0.15) is 12.5 Å². The number of fused-ring (bicyclic) bond motifs is 1. The molecule has 2 amide bonds. The summed E-state index contributed by atoms with van der Waals surface area (Å²) in [4.78, 5) is 36.7. The molecule has 2 aromatic carbocycles. The van der Waals surface area contributed by atoms with E-state index in [0.717, 1.165) is 0 Å². The number of anilines is 2. The largest absolute Gasteiger partial charge is 0.474 e. The smallest absolute Gasteiger partial charge is 0.311 e. The van der Waals surface area contributed by atoms with Crippen molar-refractivity contribution in [2.75, 3.05) is 16.8 Å². The number of hydrogen-bond acceptors (Lipinski definition) is 5. The predicted octanol–water partition coefficient (Wildman–Crippen LogP) is 2.66. The third-order valence-corrected chi connectivity index (χ3v) is 4.00. The van der Waals surface area contributed by atoms with Crippen molar-refractivity contribution in [2.24, 2.45) is 0 Å². The first-order valence-electron chi connectivity index (χ1n) is 7.99. The van der Waals surface area contributed by atoms with Gasteiger partial charge in [-0.2, -0.15) is 0 Å². The molecule has 3 rings (SSSR count). The molecule has 8 heteroatoms. The summed E-state index contributed by atoms with van der Waals surface area (Å²) in [6.45, 7) is 3.09. The molecule has 8 nitrogen and oxygen atoms in total. The van der Waals surface area contributed by atoms with Crippen LogP contribution in [-0.4, -0.2) is 29.4 Å². The molecule has 0 fully saturated rings. The van der Waals surface area contributed by atoms with E-state index in [9.17, 15) is 19.7 Å². The minimum atomic E-state index is -1.00. The van der Waals surface area contributed by atoms with Crippen molar-refractivity contribution in [2.45, 2.75) is 20.0 Å². The fraction of sp³-hybridized carbons (Fsp3) is 0.222. The second-order valence-electron chi connectivity index (χ2n) is 5.98. The first-order chi connectivity index (χ1) is 12.4. The maximum atomic E-state index is 12.8. The van der Waals surface area contributed by atoms with E-state index in [-0.39, 0.29) is 23.9 Å². The van der Waals surface area contributed by atoms with Gasteiger partial charge in [-0.25, -0.2) is 0 Å². The van der Waals surface area contributed by atoms with Gasteiger partial charge in [-0.1, -0.05) is 18.2 Å². The second-order valence-corrected chi connectivity index (χ2v) is 5.98. The molecule has 1 aliphatic heterocycles. The molecule has 0 bridgehead atoms. The lowest BCUT2D eigenvalue weighted by molar-refractivity contribution is -0.386. The molecule has 0 radical (unpaired) electrons. The topological polar surface area (TPSA) is 102 Å². The molecular weight excluding hydrogens is 338 g/mol. The van der Waals surface area contributed by atoms with Crippen molar-refractivity contribution in [3.05, 3.63) is 58.1 Å². The second kappa shape index (κ2) is 6.83. The van der Waals surface area contributed by atoms with Gasteiger partial charge in [0.1, 0.15) is 6.54 Å². The number of aryl methyl sites for hydroxylation is 1. The molecule has 1 heterocycles. The van der Waals surface area contributed by atoms with Crippen LogP contribution in [0.5, 0.6) is 5.75 Å². The van der Waals surface area contributed by atoms with Crippen molar-refractivity contribution in [3.8, 4) is 5.75 Å². The summed E-state index contributed by atoms with van der Waals surface area (Å²) in [6.07, 6.45) is -1.00. The monoisotopic (exact) mass is 355 g/mol. The Morgan fingerprint density at radius 3 is 2.77 bits per heavy atom. The molecule has 2 aromatic rings.